The summed E-state index contributed by atoms with van der Waals surface area (Å²) in [5.41, 5.74) is 0. The molecule has 0 aromatic heterocycles. The smallest absolute Gasteiger partial charge is 0.303 e. The summed E-state index contributed by atoms with van der Waals surface area (Å²) >= 11 is 0. The SMILES string of the molecule is CCCCCCCCO[C@H]1O[C@H](COC(C)=O)[C@@H](OC(C)=O)[C@H](OC(C)=O)[C@@H]1O[C@@H]1O[C@H](COC(C)=O)[C@@H](O[C@@H]2O[C@H](C)[C@H](OC(C)=O)[C@H](OC(C)=O)[C@H]2OC(C)=O)[C@H](OC(C)=O)[C@H]1NC(=O)CC. The minimum absolute atomic E-state index is 0.0699. The van der Waals surface area contributed by atoms with Crippen LogP contribution in [-0.2, 0) is 109 Å². The van der Waals surface area contributed by atoms with Gasteiger partial charge in [-0.3, -0.25) is 43.2 Å². The highest BCUT2D eigenvalue weighted by molar-refractivity contribution is 5.76. The molecule has 392 valence electrons. The molecule has 24 heteroatoms. The zero-order valence-electron chi connectivity index (χ0n) is 41.1. The predicted molar refractivity (Wildman–Crippen MR) is 230 cm³/mol. The normalized spacial score (nSPS) is 30.9. The Bertz CT molecular complexity index is 1760. The monoisotopic (exact) mass is 991 g/mol. The molecule has 0 aromatic carbocycles. The Kier molecular flexibility index (Phi) is 24.2. The van der Waals surface area contributed by atoms with E-state index in [0.29, 0.717) is 6.42 Å². The quantitative estimate of drug-likeness (QED) is 0.0821. The van der Waals surface area contributed by atoms with Crippen LogP contribution in [0.3, 0.4) is 0 Å². The Labute approximate surface area is 400 Å². The van der Waals surface area contributed by atoms with E-state index >= 15 is 0 Å². The van der Waals surface area contributed by atoms with E-state index in [-0.39, 0.29) is 13.0 Å². The van der Waals surface area contributed by atoms with E-state index in [1.807, 2.05) is 0 Å². The molecule has 0 unspecified atom stereocenters. The summed E-state index contributed by atoms with van der Waals surface area (Å²) < 4.78 is 82.8. The van der Waals surface area contributed by atoms with Crippen molar-refractivity contribution >= 4 is 53.7 Å². The summed E-state index contributed by atoms with van der Waals surface area (Å²) in [6.45, 7) is 12.6. The van der Waals surface area contributed by atoms with E-state index in [4.69, 9.17) is 66.3 Å². The number of ether oxygens (including phenoxy) is 14. The molecule has 0 saturated carbocycles. The minimum Gasteiger partial charge on any atom is -0.463 e. The fourth-order valence-corrected chi connectivity index (χ4v) is 7.91. The van der Waals surface area contributed by atoms with E-state index < -0.39 is 159 Å². The Hall–Kier alpha value is -5.01. The van der Waals surface area contributed by atoms with Gasteiger partial charge in [-0.2, -0.15) is 0 Å². The number of nitrogens with one attached hydrogen (secondary N) is 1. The van der Waals surface area contributed by atoms with Crippen molar-refractivity contribution in [3.63, 3.8) is 0 Å². The Morgan fingerprint density at radius 2 is 0.870 bits per heavy atom. The molecule has 1 N–H and O–H groups in total. The average molecular weight is 992 g/mol. The molecule has 0 bridgehead atoms. The highest BCUT2D eigenvalue weighted by atomic mass is 16.8. The summed E-state index contributed by atoms with van der Waals surface area (Å²) in [5.74, 6) is -7.37. The van der Waals surface area contributed by atoms with Crippen molar-refractivity contribution in [2.24, 2.45) is 0 Å². The summed E-state index contributed by atoms with van der Waals surface area (Å²) in [6.07, 6.45) is -16.5. The summed E-state index contributed by atoms with van der Waals surface area (Å²) in [7, 11) is 0. The topological polar surface area (TPSA) is 295 Å². The summed E-state index contributed by atoms with van der Waals surface area (Å²) in [6, 6.07) is -1.59. The largest absolute Gasteiger partial charge is 0.463 e. The van der Waals surface area contributed by atoms with Crippen LogP contribution in [0.25, 0.3) is 0 Å². The Morgan fingerprint density at radius 1 is 0.435 bits per heavy atom. The maximum absolute atomic E-state index is 13.5. The Balaban J connectivity index is 2.25. The first kappa shape index (κ1) is 58.3. The molecule has 0 aliphatic carbocycles. The second-order valence-electron chi connectivity index (χ2n) is 16.6. The molecular formula is C45H69NO23. The van der Waals surface area contributed by atoms with Crippen molar-refractivity contribution in [1.29, 1.82) is 0 Å². The van der Waals surface area contributed by atoms with Gasteiger partial charge in [0.1, 0.15) is 37.6 Å². The maximum atomic E-state index is 13.5. The molecule has 3 aliphatic rings. The van der Waals surface area contributed by atoms with Crippen molar-refractivity contribution < 1.29 is 109 Å². The molecule has 24 nitrogen and oxygen atoms in total. The molecular weight excluding hydrogens is 922 g/mol. The van der Waals surface area contributed by atoms with Crippen LogP contribution in [0.5, 0.6) is 0 Å². The second kappa shape index (κ2) is 28.6. The highest BCUT2D eigenvalue weighted by Crippen LogP contribution is 2.37. The van der Waals surface area contributed by atoms with Gasteiger partial charge in [-0.15, -0.1) is 0 Å². The lowest BCUT2D eigenvalue weighted by molar-refractivity contribution is -0.372. The third kappa shape index (κ3) is 18.7. The highest BCUT2D eigenvalue weighted by Gasteiger charge is 2.59. The van der Waals surface area contributed by atoms with Crippen molar-refractivity contribution in [2.45, 2.75) is 213 Å². The van der Waals surface area contributed by atoms with Gasteiger partial charge in [-0.25, -0.2) is 0 Å². The molecule has 3 aliphatic heterocycles. The van der Waals surface area contributed by atoms with Gasteiger partial charge in [-0.1, -0.05) is 46.0 Å². The van der Waals surface area contributed by atoms with Crippen LogP contribution in [0.2, 0.25) is 0 Å². The molecule has 0 spiro atoms. The molecule has 3 saturated heterocycles. The van der Waals surface area contributed by atoms with E-state index in [1.54, 1.807) is 0 Å². The summed E-state index contributed by atoms with van der Waals surface area (Å²) in [4.78, 5) is 114. The van der Waals surface area contributed by atoms with Crippen molar-refractivity contribution in [1.82, 2.24) is 5.32 Å². The Morgan fingerprint density at radius 3 is 1.39 bits per heavy atom. The van der Waals surface area contributed by atoms with Crippen LogP contribution in [0.15, 0.2) is 0 Å². The third-order valence-electron chi connectivity index (χ3n) is 10.7. The molecule has 3 fully saturated rings. The molecule has 0 aromatic rings. The maximum Gasteiger partial charge on any atom is 0.303 e. The molecule has 15 atom stereocenters. The van der Waals surface area contributed by atoms with Crippen LogP contribution >= 0.6 is 0 Å². The summed E-state index contributed by atoms with van der Waals surface area (Å²) in [5, 5.41) is 2.72. The molecule has 69 heavy (non-hydrogen) atoms. The number of hydrogen-bond acceptors (Lipinski definition) is 23. The third-order valence-corrected chi connectivity index (χ3v) is 10.7. The fourth-order valence-electron chi connectivity index (χ4n) is 7.91. The lowest BCUT2D eigenvalue weighted by atomic mass is 9.94. The van der Waals surface area contributed by atoms with Crippen molar-refractivity contribution in [3.8, 4) is 0 Å². The number of amides is 1. The van der Waals surface area contributed by atoms with Gasteiger partial charge in [0.2, 0.25) is 5.91 Å². The fraction of sp³-hybridized carbons (Fsp3) is 0.800. The van der Waals surface area contributed by atoms with Crippen molar-refractivity contribution in [3.05, 3.63) is 0 Å². The number of unbranched alkanes of at least 4 members (excludes halogenated alkanes) is 5. The van der Waals surface area contributed by atoms with Crippen molar-refractivity contribution in [2.75, 3.05) is 19.8 Å². The van der Waals surface area contributed by atoms with Gasteiger partial charge in [0, 0.05) is 68.4 Å². The first-order chi connectivity index (χ1) is 32.6. The number of esters is 8. The number of carbonyl (C=O) groups excluding carboxylic acids is 9. The first-order valence-corrected chi connectivity index (χ1v) is 23.0. The van der Waals surface area contributed by atoms with Crippen LogP contribution in [0.1, 0.15) is 121 Å². The van der Waals surface area contributed by atoms with Gasteiger partial charge in [-0.05, 0) is 13.3 Å². The lowest BCUT2D eigenvalue weighted by Crippen LogP contribution is -2.70. The van der Waals surface area contributed by atoms with Crippen LogP contribution < -0.4 is 5.32 Å². The number of rotatable bonds is 24. The molecule has 3 rings (SSSR count). The van der Waals surface area contributed by atoms with Gasteiger partial charge >= 0.3 is 47.8 Å². The van der Waals surface area contributed by atoms with E-state index in [9.17, 15) is 43.2 Å². The van der Waals surface area contributed by atoms with Crippen LogP contribution in [0, 0.1) is 0 Å². The van der Waals surface area contributed by atoms with Crippen LogP contribution in [0.4, 0.5) is 0 Å². The minimum atomic E-state index is -1.79. The number of hydrogen-bond donors (Lipinski definition) is 1. The molecule has 1 amide bonds. The van der Waals surface area contributed by atoms with E-state index in [0.717, 1.165) is 87.5 Å². The lowest BCUT2D eigenvalue weighted by Gasteiger charge is -2.50. The van der Waals surface area contributed by atoms with Crippen LogP contribution in [-0.4, -0.2) is 166 Å². The predicted octanol–water partition coefficient (Wildman–Crippen LogP) is 1.94. The molecule has 0 radical (unpaired) electrons. The number of carbonyl (C=O) groups is 9. The van der Waals surface area contributed by atoms with E-state index in [2.05, 4.69) is 12.2 Å². The van der Waals surface area contributed by atoms with Gasteiger partial charge < -0.3 is 71.6 Å². The van der Waals surface area contributed by atoms with Gasteiger partial charge in [0.05, 0.1) is 6.10 Å². The van der Waals surface area contributed by atoms with Gasteiger partial charge in [0.15, 0.2) is 61.6 Å². The first-order valence-electron chi connectivity index (χ1n) is 23.0. The average Bonchev–Trinajstić information content (AvgIpc) is 3.24. The standard InChI is InChI=1S/C45H69NO23/c1-12-14-15-16-17-18-19-56-44-41(40(64-29(10)53)37(61-26(7)50)32(67-44)21-58-24(5)48)69-43-34(46-33(55)13-2)38(62-27(8)51)36(31(66-43)20-57-23(4)47)68-45-42(65-30(11)54)39(63-28(9)52)35(22(3)59-45)60-25(6)49/h22,31-32,34-45H,12-21H2,1-11H3,(H,46,55)/t22-,31-,32-,34-,35+,36-,37-,38-,39+,40+,41+,42-,43+,44+,45+/m1/s1. The zero-order valence-corrected chi connectivity index (χ0v) is 41.1. The molecule has 3 heterocycles. The van der Waals surface area contributed by atoms with Gasteiger partial charge in [0.25, 0.3) is 0 Å². The zero-order chi connectivity index (χ0) is 51.5. The van der Waals surface area contributed by atoms with E-state index in [1.165, 1.54) is 13.8 Å². The second-order valence-corrected chi connectivity index (χ2v) is 16.6.